The van der Waals surface area contributed by atoms with Crippen molar-refractivity contribution in [2.75, 3.05) is 17.7 Å². The van der Waals surface area contributed by atoms with Gasteiger partial charge in [0.25, 0.3) is 0 Å². The molecule has 0 radical (unpaired) electrons. The molecular weight excluding hydrogens is 357 g/mol. The number of aryl methyl sites for hydroxylation is 1. The Morgan fingerprint density at radius 3 is 2.56 bits per heavy atom. The topological polar surface area (TPSA) is 59.1 Å². The standard InChI is InChI=1S/C19H17F3N4O/c1-11-9-16(25-14-8-7-13(20)17(21)18(14)22)26-19(24-11)23-10-12-5-3-4-6-15(12)27-2/h3-9H,10H2,1-2H3,(H2,23,24,25,26). The Morgan fingerprint density at radius 2 is 1.78 bits per heavy atom. The Balaban J connectivity index is 1.79. The molecule has 140 valence electrons. The van der Waals surface area contributed by atoms with Crippen LogP contribution in [-0.2, 0) is 6.54 Å². The van der Waals surface area contributed by atoms with Gasteiger partial charge in [0, 0.05) is 23.9 Å². The van der Waals surface area contributed by atoms with Crippen LogP contribution in [0.25, 0.3) is 0 Å². The molecule has 0 unspecified atom stereocenters. The number of aromatic nitrogens is 2. The zero-order valence-corrected chi connectivity index (χ0v) is 14.7. The Bertz CT molecular complexity index is 966. The number of ether oxygens (including phenoxy) is 1. The predicted octanol–water partition coefficient (Wildman–Crippen LogP) is 4.57. The zero-order chi connectivity index (χ0) is 19.4. The number of hydrogen-bond donors (Lipinski definition) is 2. The molecule has 5 nitrogen and oxygen atoms in total. The number of nitrogens with one attached hydrogen (secondary N) is 2. The maximum absolute atomic E-state index is 13.9. The van der Waals surface area contributed by atoms with Crippen LogP contribution in [0.4, 0.5) is 30.6 Å². The third-order valence-corrected chi connectivity index (χ3v) is 3.78. The van der Waals surface area contributed by atoms with Gasteiger partial charge < -0.3 is 15.4 Å². The highest BCUT2D eigenvalue weighted by Gasteiger charge is 2.14. The van der Waals surface area contributed by atoms with Crippen LogP contribution in [0.5, 0.6) is 5.75 Å². The summed E-state index contributed by atoms with van der Waals surface area (Å²) in [7, 11) is 1.58. The van der Waals surface area contributed by atoms with E-state index in [4.69, 9.17) is 4.74 Å². The van der Waals surface area contributed by atoms with E-state index in [-0.39, 0.29) is 11.5 Å². The van der Waals surface area contributed by atoms with Gasteiger partial charge in [0.05, 0.1) is 12.8 Å². The highest BCUT2D eigenvalue weighted by atomic mass is 19.2. The largest absolute Gasteiger partial charge is 0.496 e. The van der Waals surface area contributed by atoms with Gasteiger partial charge in [-0.3, -0.25) is 0 Å². The SMILES string of the molecule is COc1ccccc1CNc1nc(C)cc(Nc2ccc(F)c(F)c2F)n1. The molecule has 3 rings (SSSR count). The monoisotopic (exact) mass is 374 g/mol. The van der Waals surface area contributed by atoms with Crippen LogP contribution < -0.4 is 15.4 Å². The second-order valence-electron chi connectivity index (χ2n) is 5.73. The number of rotatable bonds is 6. The van der Waals surface area contributed by atoms with E-state index in [1.165, 1.54) is 0 Å². The van der Waals surface area contributed by atoms with E-state index in [2.05, 4.69) is 20.6 Å². The molecule has 0 spiro atoms. The number of anilines is 3. The maximum atomic E-state index is 13.9. The molecule has 0 aliphatic rings. The van der Waals surface area contributed by atoms with Crippen LogP contribution in [0.2, 0.25) is 0 Å². The fraction of sp³-hybridized carbons (Fsp3) is 0.158. The highest BCUT2D eigenvalue weighted by Crippen LogP contribution is 2.24. The summed E-state index contributed by atoms with van der Waals surface area (Å²) in [5.41, 5.74) is 1.30. The van der Waals surface area contributed by atoms with Crippen molar-refractivity contribution in [2.45, 2.75) is 13.5 Å². The molecule has 0 saturated heterocycles. The van der Waals surface area contributed by atoms with E-state index in [0.29, 0.717) is 18.2 Å². The van der Waals surface area contributed by atoms with Gasteiger partial charge in [-0.05, 0) is 25.1 Å². The zero-order valence-electron chi connectivity index (χ0n) is 14.7. The third-order valence-electron chi connectivity index (χ3n) is 3.78. The van der Waals surface area contributed by atoms with Crippen molar-refractivity contribution >= 4 is 17.5 Å². The van der Waals surface area contributed by atoms with Gasteiger partial charge in [0.1, 0.15) is 11.6 Å². The average molecular weight is 374 g/mol. The van der Waals surface area contributed by atoms with Gasteiger partial charge in [0.15, 0.2) is 17.5 Å². The van der Waals surface area contributed by atoms with E-state index in [1.807, 2.05) is 24.3 Å². The number of nitrogens with zero attached hydrogens (tertiary/aromatic N) is 2. The molecule has 0 aliphatic carbocycles. The maximum Gasteiger partial charge on any atom is 0.225 e. The Morgan fingerprint density at radius 1 is 1.00 bits per heavy atom. The Labute approximate surface area is 154 Å². The summed E-state index contributed by atoms with van der Waals surface area (Å²) < 4.78 is 45.6. The second-order valence-corrected chi connectivity index (χ2v) is 5.73. The molecule has 0 saturated carbocycles. The molecule has 1 aromatic heterocycles. The van der Waals surface area contributed by atoms with Crippen LogP contribution in [0, 0.1) is 24.4 Å². The van der Waals surface area contributed by atoms with Gasteiger partial charge in [-0.1, -0.05) is 18.2 Å². The average Bonchev–Trinajstić information content (AvgIpc) is 2.66. The van der Waals surface area contributed by atoms with Crippen molar-refractivity contribution in [3.05, 3.63) is 71.2 Å². The van der Waals surface area contributed by atoms with Crippen LogP contribution in [-0.4, -0.2) is 17.1 Å². The number of benzene rings is 2. The van der Waals surface area contributed by atoms with E-state index in [1.54, 1.807) is 20.1 Å². The first-order chi connectivity index (χ1) is 13.0. The highest BCUT2D eigenvalue weighted by molar-refractivity contribution is 5.58. The molecule has 0 bridgehead atoms. The van der Waals surface area contributed by atoms with Crippen LogP contribution >= 0.6 is 0 Å². The fourth-order valence-corrected chi connectivity index (χ4v) is 2.50. The molecule has 0 amide bonds. The van der Waals surface area contributed by atoms with Crippen molar-refractivity contribution in [3.63, 3.8) is 0 Å². The minimum absolute atomic E-state index is 0.220. The molecule has 8 heteroatoms. The lowest BCUT2D eigenvalue weighted by atomic mass is 10.2. The van der Waals surface area contributed by atoms with Crippen molar-refractivity contribution in [2.24, 2.45) is 0 Å². The Hall–Kier alpha value is -3.29. The number of halogens is 3. The molecule has 2 N–H and O–H groups in total. The lowest BCUT2D eigenvalue weighted by Gasteiger charge is -2.12. The molecular formula is C19H17F3N4O. The van der Waals surface area contributed by atoms with Crippen molar-refractivity contribution in [1.82, 2.24) is 9.97 Å². The Kier molecular flexibility index (Phi) is 5.44. The summed E-state index contributed by atoms with van der Waals surface area (Å²) >= 11 is 0. The normalized spacial score (nSPS) is 10.6. The summed E-state index contributed by atoms with van der Waals surface area (Å²) in [6, 6.07) is 11.0. The van der Waals surface area contributed by atoms with Crippen molar-refractivity contribution < 1.29 is 17.9 Å². The molecule has 0 aliphatic heterocycles. The third kappa shape index (κ3) is 4.28. The summed E-state index contributed by atoms with van der Waals surface area (Å²) in [5.74, 6) is -2.84. The molecule has 2 aromatic carbocycles. The lowest BCUT2D eigenvalue weighted by Crippen LogP contribution is -2.08. The fourth-order valence-electron chi connectivity index (χ4n) is 2.50. The molecule has 1 heterocycles. The first kappa shape index (κ1) is 18.5. The minimum atomic E-state index is -1.54. The van der Waals surface area contributed by atoms with Gasteiger partial charge in [-0.25, -0.2) is 18.2 Å². The molecule has 0 atom stereocenters. The first-order valence-corrected chi connectivity index (χ1v) is 8.10. The quantitative estimate of drug-likeness (QED) is 0.619. The van der Waals surface area contributed by atoms with Gasteiger partial charge in [-0.2, -0.15) is 4.98 Å². The van der Waals surface area contributed by atoms with Crippen molar-refractivity contribution in [1.29, 1.82) is 0 Å². The summed E-state index contributed by atoms with van der Waals surface area (Å²) in [6.45, 7) is 2.15. The predicted molar refractivity (Wildman–Crippen MR) is 96.7 cm³/mol. The minimum Gasteiger partial charge on any atom is -0.496 e. The van der Waals surface area contributed by atoms with E-state index >= 15 is 0 Å². The summed E-state index contributed by atoms with van der Waals surface area (Å²) in [6.07, 6.45) is 0. The van der Waals surface area contributed by atoms with E-state index in [0.717, 1.165) is 23.4 Å². The van der Waals surface area contributed by atoms with Gasteiger partial charge >= 0.3 is 0 Å². The summed E-state index contributed by atoms with van der Waals surface area (Å²) in [5, 5.41) is 5.71. The van der Waals surface area contributed by atoms with E-state index in [9.17, 15) is 13.2 Å². The second kappa shape index (κ2) is 7.94. The molecule has 0 fully saturated rings. The van der Waals surface area contributed by atoms with Crippen LogP contribution in [0.3, 0.4) is 0 Å². The number of methoxy groups -OCH3 is 1. The lowest BCUT2D eigenvalue weighted by molar-refractivity contribution is 0.410. The summed E-state index contributed by atoms with van der Waals surface area (Å²) in [4.78, 5) is 8.50. The van der Waals surface area contributed by atoms with Gasteiger partial charge in [-0.15, -0.1) is 0 Å². The van der Waals surface area contributed by atoms with Gasteiger partial charge in [0.2, 0.25) is 5.95 Å². The van der Waals surface area contributed by atoms with E-state index < -0.39 is 17.5 Å². The first-order valence-electron chi connectivity index (χ1n) is 8.10. The van der Waals surface area contributed by atoms with Crippen LogP contribution in [0.1, 0.15) is 11.3 Å². The molecule has 3 aromatic rings. The molecule has 27 heavy (non-hydrogen) atoms. The van der Waals surface area contributed by atoms with Crippen molar-refractivity contribution in [3.8, 4) is 5.75 Å². The smallest absolute Gasteiger partial charge is 0.225 e. The number of hydrogen-bond acceptors (Lipinski definition) is 5. The number of para-hydroxylation sites is 1. The van der Waals surface area contributed by atoms with Crippen LogP contribution in [0.15, 0.2) is 42.5 Å².